The van der Waals surface area contributed by atoms with E-state index in [1.807, 2.05) is 5.32 Å². The lowest BCUT2D eigenvalue weighted by molar-refractivity contribution is -0.147. The van der Waals surface area contributed by atoms with Crippen molar-refractivity contribution in [3.63, 3.8) is 0 Å². The molecule has 156 valence electrons. The zero-order valence-corrected chi connectivity index (χ0v) is 16.0. The molecule has 0 bridgehead atoms. The number of nitrogens with one attached hydrogen (secondary N) is 1. The average molecular weight is 429 g/mol. The van der Waals surface area contributed by atoms with Crippen LogP contribution in [-0.2, 0) is 27.7 Å². The highest BCUT2D eigenvalue weighted by molar-refractivity contribution is 6.65. The van der Waals surface area contributed by atoms with Crippen molar-refractivity contribution in [2.24, 2.45) is 0 Å². The SMILES string of the molecule is CC(=O)O[Si](CCCNc1c(F)c(F)c(F)c(F)c1F)(OC(C)=O)OC(C)=O. The van der Waals surface area contributed by atoms with Crippen LogP contribution in [0.2, 0.25) is 6.04 Å². The third-order valence-corrected chi connectivity index (χ3v) is 5.83. The Labute approximate surface area is 157 Å². The number of hydrogen-bond donors (Lipinski definition) is 1. The molecular formula is C15H16F5NO6Si. The molecule has 0 unspecified atom stereocenters. The molecule has 13 heteroatoms. The quantitative estimate of drug-likeness (QED) is 0.223. The van der Waals surface area contributed by atoms with Gasteiger partial charge in [0.1, 0.15) is 5.69 Å². The van der Waals surface area contributed by atoms with Gasteiger partial charge in [0.05, 0.1) is 6.04 Å². The fourth-order valence-corrected chi connectivity index (χ4v) is 4.51. The second kappa shape index (κ2) is 9.48. The molecule has 1 aromatic carbocycles. The molecule has 1 aromatic rings. The predicted molar refractivity (Wildman–Crippen MR) is 85.2 cm³/mol. The fourth-order valence-electron chi connectivity index (χ4n) is 2.15. The summed E-state index contributed by atoms with van der Waals surface area (Å²) in [7, 11) is -4.17. The van der Waals surface area contributed by atoms with Crippen LogP contribution in [0, 0.1) is 29.1 Å². The summed E-state index contributed by atoms with van der Waals surface area (Å²) >= 11 is 0. The summed E-state index contributed by atoms with van der Waals surface area (Å²) in [6.45, 7) is 2.53. The molecule has 0 saturated carbocycles. The minimum Gasteiger partial charge on any atom is -0.455 e. The Hall–Kier alpha value is -2.70. The van der Waals surface area contributed by atoms with Crippen molar-refractivity contribution in [2.75, 3.05) is 11.9 Å². The minimum absolute atomic E-state index is 0.181. The number of hydrogen-bond acceptors (Lipinski definition) is 7. The molecule has 0 aliphatic carbocycles. The van der Waals surface area contributed by atoms with Gasteiger partial charge in [0.2, 0.25) is 5.82 Å². The molecular weight excluding hydrogens is 413 g/mol. The molecule has 0 radical (unpaired) electrons. The van der Waals surface area contributed by atoms with Crippen LogP contribution in [0.5, 0.6) is 0 Å². The van der Waals surface area contributed by atoms with Crippen LogP contribution in [0.1, 0.15) is 27.2 Å². The molecule has 1 rings (SSSR count). The van der Waals surface area contributed by atoms with Gasteiger partial charge in [-0.1, -0.05) is 0 Å². The van der Waals surface area contributed by atoms with Gasteiger partial charge in [-0.3, -0.25) is 14.4 Å². The standard InChI is InChI=1S/C15H16F5NO6Si/c1-7(22)25-28(26-8(2)23,27-9(3)24)6-4-5-21-15-13(19)11(17)10(16)12(18)14(15)20/h21H,4-6H2,1-3H3. The molecule has 0 saturated heterocycles. The van der Waals surface area contributed by atoms with Crippen molar-refractivity contribution in [3.8, 4) is 0 Å². The Bertz CT molecular complexity index is 721. The van der Waals surface area contributed by atoms with Crippen molar-refractivity contribution < 1.29 is 49.6 Å². The Morgan fingerprint density at radius 1 is 0.750 bits per heavy atom. The number of anilines is 1. The Morgan fingerprint density at radius 2 is 1.11 bits per heavy atom. The Balaban J connectivity index is 2.94. The first-order valence-electron chi connectivity index (χ1n) is 7.74. The van der Waals surface area contributed by atoms with E-state index in [0.29, 0.717) is 0 Å². The molecule has 0 heterocycles. The molecule has 0 atom stereocenters. The van der Waals surface area contributed by atoms with E-state index >= 15 is 0 Å². The number of rotatable bonds is 8. The van der Waals surface area contributed by atoms with E-state index in [0.717, 1.165) is 20.8 Å². The van der Waals surface area contributed by atoms with Crippen molar-refractivity contribution in [1.82, 2.24) is 0 Å². The minimum atomic E-state index is -4.17. The second-order valence-electron chi connectivity index (χ2n) is 5.44. The number of carbonyl (C=O) groups excluding carboxylic acids is 3. The van der Waals surface area contributed by atoms with Crippen LogP contribution in [0.4, 0.5) is 27.6 Å². The van der Waals surface area contributed by atoms with Gasteiger partial charge in [-0.05, 0) is 6.42 Å². The highest BCUT2D eigenvalue weighted by atomic mass is 28.4. The van der Waals surface area contributed by atoms with Crippen molar-refractivity contribution in [2.45, 2.75) is 33.2 Å². The average Bonchev–Trinajstić information content (AvgIpc) is 2.55. The molecule has 0 aliphatic heterocycles. The van der Waals surface area contributed by atoms with Gasteiger partial charge in [-0.15, -0.1) is 0 Å². The molecule has 0 spiro atoms. The van der Waals surface area contributed by atoms with E-state index in [2.05, 4.69) is 0 Å². The first-order chi connectivity index (χ1) is 12.9. The van der Waals surface area contributed by atoms with Gasteiger partial charge in [0, 0.05) is 27.3 Å². The van der Waals surface area contributed by atoms with Crippen molar-refractivity contribution >= 4 is 32.4 Å². The maximum Gasteiger partial charge on any atom is 0.705 e. The summed E-state index contributed by atoms with van der Waals surface area (Å²) in [6, 6.07) is -0.353. The van der Waals surface area contributed by atoms with E-state index in [1.54, 1.807) is 0 Å². The molecule has 1 N–H and O–H groups in total. The van der Waals surface area contributed by atoms with E-state index in [9.17, 15) is 36.3 Å². The molecule has 28 heavy (non-hydrogen) atoms. The summed E-state index contributed by atoms with van der Waals surface area (Å²) < 4.78 is 81.2. The lowest BCUT2D eigenvalue weighted by atomic mass is 10.2. The Morgan fingerprint density at radius 3 is 1.46 bits per heavy atom. The highest BCUT2D eigenvalue weighted by Gasteiger charge is 2.51. The molecule has 0 fully saturated rings. The lowest BCUT2D eigenvalue weighted by Crippen LogP contribution is -2.49. The topological polar surface area (TPSA) is 90.9 Å². The largest absolute Gasteiger partial charge is 0.705 e. The second-order valence-corrected chi connectivity index (χ2v) is 7.92. The summed E-state index contributed by atoms with van der Waals surface area (Å²) in [4.78, 5) is 33.8. The van der Waals surface area contributed by atoms with Gasteiger partial charge in [0.15, 0.2) is 23.3 Å². The molecule has 7 nitrogen and oxygen atoms in total. The van der Waals surface area contributed by atoms with Crippen LogP contribution < -0.4 is 5.32 Å². The summed E-state index contributed by atoms with van der Waals surface area (Å²) in [5.41, 5.74) is -1.25. The molecule has 0 aliphatic rings. The van der Waals surface area contributed by atoms with E-state index in [4.69, 9.17) is 13.3 Å². The van der Waals surface area contributed by atoms with Gasteiger partial charge in [0.25, 0.3) is 17.9 Å². The normalized spacial score (nSPS) is 11.0. The van der Waals surface area contributed by atoms with E-state index < -0.39 is 68.0 Å². The maximum absolute atomic E-state index is 13.6. The first-order valence-corrected chi connectivity index (χ1v) is 9.67. The molecule has 0 amide bonds. The maximum atomic E-state index is 13.6. The lowest BCUT2D eigenvalue weighted by Gasteiger charge is -2.26. The van der Waals surface area contributed by atoms with Crippen molar-refractivity contribution in [1.29, 1.82) is 0 Å². The van der Waals surface area contributed by atoms with Crippen LogP contribution in [0.25, 0.3) is 0 Å². The number of benzene rings is 1. The number of halogens is 5. The monoisotopic (exact) mass is 429 g/mol. The molecule has 0 aromatic heterocycles. The number of carbonyl (C=O) groups is 3. The van der Waals surface area contributed by atoms with Crippen LogP contribution in [0.15, 0.2) is 0 Å². The zero-order valence-electron chi connectivity index (χ0n) is 15.0. The van der Waals surface area contributed by atoms with E-state index in [-0.39, 0.29) is 12.5 Å². The predicted octanol–water partition coefficient (Wildman–Crippen LogP) is 2.81. The first kappa shape index (κ1) is 23.3. The third-order valence-electron chi connectivity index (χ3n) is 3.07. The van der Waals surface area contributed by atoms with Gasteiger partial charge in [-0.2, -0.15) is 0 Å². The van der Waals surface area contributed by atoms with Gasteiger partial charge < -0.3 is 18.6 Å². The van der Waals surface area contributed by atoms with Crippen molar-refractivity contribution in [3.05, 3.63) is 29.1 Å². The van der Waals surface area contributed by atoms with Gasteiger partial charge >= 0.3 is 8.80 Å². The zero-order chi connectivity index (χ0) is 21.6. The fraction of sp³-hybridized carbons (Fsp3) is 0.400. The van der Waals surface area contributed by atoms with Gasteiger partial charge in [-0.25, -0.2) is 22.0 Å². The smallest absolute Gasteiger partial charge is 0.455 e. The van der Waals surface area contributed by atoms with Crippen LogP contribution >= 0.6 is 0 Å². The van der Waals surface area contributed by atoms with E-state index in [1.165, 1.54) is 0 Å². The summed E-state index contributed by atoms with van der Waals surface area (Å²) in [6.07, 6.45) is -0.181. The van der Waals surface area contributed by atoms with Crippen LogP contribution in [-0.4, -0.2) is 33.3 Å². The summed E-state index contributed by atoms with van der Waals surface area (Å²) in [5, 5.41) is 2.03. The van der Waals surface area contributed by atoms with Crippen LogP contribution in [0.3, 0.4) is 0 Å². The Kier molecular flexibility index (Phi) is 7.90. The summed E-state index contributed by atoms with van der Waals surface area (Å²) in [5.74, 6) is -13.4. The highest BCUT2D eigenvalue weighted by Crippen LogP contribution is 2.27. The third kappa shape index (κ3) is 5.90.